The summed E-state index contributed by atoms with van der Waals surface area (Å²) in [7, 11) is 1.59. The number of ether oxygens (including phenoxy) is 2. The molecule has 0 aliphatic carbocycles. The van der Waals surface area contributed by atoms with E-state index in [-0.39, 0.29) is 11.8 Å². The number of rotatable bonds is 8. The van der Waals surface area contributed by atoms with Crippen molar-refractivity contribution in [2.45, 2.75) is 39.8 Å². The van der Waals surface area contributed by atoms with Gasteiger partial charge in [-0.2, -0.15) is 0 Å². The molecule has 3 aromatic rings. The van der Waals surface area contributed by atoms with E-state index in [4.69, 9.17) is 14.0 Å². The highest BCUT2D eigenvalue weighted by atomic mass is 16.5. The molecule has 0 unspecified atom stereocenters. The fourth-order valence-corrected chi connectivity index (χ4v) is 2.91. The van der Waals surface area contributed by atoms with Crippen LogP contribution < -0.4 is 14.8 Å². The van der Waals surface area contributed by atoms with Crippen LogP contribution in [-0.2, 0) is 13.2 Å². The summed E-state index contributed by atoms with van der Waals surface area (Å²) < 4.78 is 16.6. The number of nitrogens with one attached hydrogen (secondary N) is 1. The average molecular weight is 395 g/mol. The first kappa shape index (κ1) is 20.4. The second-order valence-electron chi connectivity index (χ2n) is 6.97. The van der Waals surface area contributed by atoms with Gasteiger partial charge in [0.1, 0.15) is 12.2 Å². The van der Waals surface area contributed by atoms with Gasteiger partial charge in [0, 0.05) is 24.9 Å². The minimum Gasteiger partial charge on any atom is -0.493 e. The van der Waals surface area contributed by atoms with Crippen molar-refractivity contribution < 1.29 is 18.8 Å². The minimum absolute atomic E-state index is 0.0777. The zero-order valence-electron chi connectivity index (χ0n) is 17.1. The summed E-state index contributed by atoms with van der Waals surface area (Å²) in [6.45, 7) is 6.46. The van der Waals surface area contributed by atoms with E-state index in [9.17, 15) is 4.79 Å². The molecule has 7 heteroatoms. The predicted molar refractivity (Wildman–Crippen MR) is 108 cm³/mol. The van der Waals surface area contributed by atoms with E-state index < -0.39 is 0 Å². The van der Waals surface area contributed by atoms with Gasteiger partial charge in [-0.05, 0) is 42.3 Å². The molecule has 2 heterocycles. The van der Waals surface area contributed by atoms with Crippen LogP contribution in [0.15, 0.2) is 47.2 Å². The maximum Gasteiger partial charge on any atom is 0.257 e. The number of benzene rings is 1. The highest BCUT2D eigenvalue weighted by Gasteiger charge is 2.22. The van der Waals surface area contributed by atoms with Crippen molar-refractivity contribution in [1.82, 2.24) is 15.5 Å². The summed E-state index contributed by atoms with van der Waals surface area (Å²) in [5.41, 5.74) is 3.00. The quantitative estimate of drug-likeness (QED) is 0.620. The fourth-order valence-electron chi connectivity index (χ4n) is 2.91. The molecule has 1 amide bonds. The molecule has 3 rings (SSSR count). The van der Waals surface area contributed by atoms with Crippen molar-refractivity contribution >= 4 is 5.91 Å². The van der Waals surface area contributed by atoms with Crippen LogP contribution in [0.3, 0.4) is 0 Å². The molecule has 29 heavy (non-hydrogen) atoms. The Morgan fingerprint density at radius 2 is 1.90 bits per heavy atom. The van der Waals surface area contributed by atoms with Crippen LogP contribution in [0.4, 0.5) is 0 Å². The van der Waals surface area contributed by atoms with Gasteiger partial charge in [0.2, 0.25) is 0 Å². The summed E-state index contributed by atoms with van der Waals surface area (Å²) in [5, 5.41) is 6.85. The standard InChI is InChI=1S/C22H25N3O4/c1-14(2)21-20(15(3)25-29-21)22(26)24-12-17-5-6-18(19(11-17)27-4)28-13-16-7-9-23-10-8-16/h5-11,14H,12-13H2,1-4H3,(H,24,26). The summed E-state index contributed by atoms with van der Waals surface area (Å²) >= 11 is 0. The largest absolute Gasteiger partial charge is 0.493 e. The molecular weight excluding hydrogens is 370 g/mol. The smallest absolute Gasteiger partial charge is 0.257 e. The number of aromatic nitrogens is 2. The third-order valence-electron chi connectivity index (χ3n) is 4.47. The average Bonchev–Trinajstić information content (AvgIpc) is 3.13. The predicted octanol–water partition coefficient (Wildman–Crippen LogP) is 4.02. The highest BCUT2D eigenvalue weighted by molar-refractivity contribution is 5.96. The molecule has 0 fully saturated rings. The number of hydrogen-bond acceptors (Lipinski definition) is 6. The maximum absolute atomic E-state index is 12.6. The van der Waals surface area contributed by atoms with Gasteiger partial charge in [0.05, 0.1) is 12.8 Å². The molecule has 1 N–H and O–H groups in total. The van der Waals surface area contributed by atoms with E-state index in [0.29, 0.717) is 41.7 Å². The van der Waals surface area contributed by atoms with Gasteiger partial charge in [-0.3, -0.25) is 9.78 Å². The molecular formula is C22H25N3O4. The van der Waals surface area contributed by atoms with Crippen molar-refractivity contribution in [3.8, 4) is 11.5 Å². The Balaban J connectivity index is 1.66. The third kappa shape index (κ3) is 4.93. The SMILES string of the molecule is COc1cc(CNC(=O)c2c(C)noc2C(C)C)ccc1OCc1ccncc1. The van der Waals surface area contributed by atoms with E-state index in [1.165, 1.54) is 0 Å². The van der Waals surface area contributed by atoms with Crippen molar-refractivity contribution in [2.75, 3.05) is 7.11 Å². The van der Waals surface area contributed by atoms with Crippen LogP contribution >= 0.6 is 0 Å². The third-order valence-corrected chi connectivity index (χ3v) is 4.47. The van der Waals surface area contributed by atoms with Crippen LogP contribution in [0.25, 0.3) is 0 Å². The molecule has 0 atom stereocenters. The number of carbonyl (C=O) groups excluding carboxylic acids is 1. The summed E-state index contributed by atoms with van der Waals surface area (Å²) in [5.74, 6) is 1.71. The van der Waals surface area contributed by atoms with Crippen LogP contribution in [0, 0.1) is 6.92 Å². The molecule has 7 nitrogen and oxygen atoms in total. The molecule has 0 spiro atoms. The molecule has 0 aliphatic rings. The number of hydrogen-bond donors (Lipinski definition) is 1. The molecule has 0 saturated heterocycles. The topological polar surface area (TPSA) is 86.5 Å². The molecule has 2 aromatic heterocycles. The molecule has 0 radical (unpaired) electrons. The number of methoxy groups -OCH3 is 1. The first-order valence-corrected chi connectivity index (χ1v) is 9.42. The molecule has 0 bridgehead atoms. The van der Waals surface area contributed by atoms with Gasteiger partial charge < -0.3 is 19.3 Å². The number of carbonyl (C=O) groups is 1. The van der Waals surface area contributed by atoms with Crippen LogP contribution in [0.2, 0.25) is 0 Å². The first-order chi connectivity index (χ1) is 14.0. The fraction of sp³-hybridized carbons (Fsp3) is 0.318. The van der Waals surface area contributed by atoms with E-state index in [0.717, 1.165) is 11.1 Å². The van der Waals surface area contributed by atoms with Crippen LogP contribution in [0.5, 0.6) is 11.5 Å². The maximum atomic E-state index is 12.6. The van der Waals surface area contributed by atoms with Crippen LogP contribution in [-0.4, -0.2) is 23.2 Å². The Labute approximate surface area is 170 Å². The number of nitrogens with zero attached hydrogens (tertiary/aromatic N) is 2. The van der Waals surface area contributed by atoms with Gasteiger partial charge in [0.25, 0.3) is 5.91 Å². The number of aryl methyl sites for hydroxylation is 1. The van der Waals surface area contributed by atoms with E-state index >= 15 is 0 Å². The lowest BCUT2D eigenvalue weighted by molar-refractivity contribution is 0.0948. The Kier molecular flexibility index (Phi) is 6.49. The minimum atomic E-state index is -0.204. The summed E-state index contributed by atoms with van der Waals surface area (Å²) in [6.07, 6.45) is 3.45. The Morgan fingerprint density at radius 1 is 1.14 bits per heavy atom. The molecule has 1 aromatic carbocycles. The summed E-state index contributed by atoms with van der Waals surface area (Å²) in [6, 6.07) is 9.38. The molecule has 152 valence electrons. The zero-order chi connectivity index (χ0) is 20.8. The van der Waals surface area contributed by atoms with Gasteiger partial charge in [0.15, 0.2) is 17.3 Å². The Bertz CT molecular complexity index is 967. The van der Waals surface area contributed by atoms with E-state index in [2.05, 4.69) is 15.5 Å². The van der Waals surface area contributed by atoms with Crippen molar-refractivity contribution in [3.05, 3.63) is 70.9 Å². The Morgan fingerprint density at radius 3 is 2.59 bits per heavy atom. The molecule has 0 saturated carbocycles. The zero-order valence-corrected chi connectivity index (χ0v) is 17.1. The van der Waals surface area contributed by atoms with Crippen LogP contribution in [0.1, 0.15) is 52.7 Å². The van der Waals surface area contributed by atoms with Gasteiger partial charge >= 0.3 is 0 Å². The van der Waals surface area contributed by atoms with Crippen molar-refractivity contribution in [3.63, 3.8) is 0 Å². The van der Waals surface area contributed by atoms with Gasteiger partial charge in [-0.25, -0.2) is 0 Å². The van der Waals surface area contributed by atoms with Crippen molar-refractivity contribution in [1.29, 1.82) is 0 Å². The lowest BCUT2D eigenvalue weighted by Crippen LogP contribution is -2.24. The van der Waals surface area contributed by atoms with E-state index in [1.807, 2.05) is 44.2 Å². The normalized spacial score (nSPS) is 10.8. The van der Waals surface area contributed by atoms with Gasteiger partial charge in [-0.15, -0.1) is 0 Å². The van der Waals surface area contributed by atoms with Gasteiger partial charge in [-0.1, -0.05) is 25.1 Å². The monoisotopic (exact) mass is 395 g/mol. The van der Waals surface area contributed by atoms with E-state index in [1.54, 1.807) is 26.4 Å². The number of pyridine rings is 1. The second kappa shape index (κ2) is 9.23. The second-order valence-corrected chi connectivity index (χ2v) is 6.97. The van der Waals surface area contributed by atoms with Crippen molar-refractivity contribution in [2.24, 2.45) is 0 Å². The number of amides is 1. The molecule has 0 aliphatic heterocycles. The summed E-state index contributed by atoms with van der Waals surface area (Å²) in [4.78, 5) is 16.6. The Hall–Kier alpha value is -3.35. The lowest BCUT2D eigenvalue weighted by atomic mass is 10.0. The lowest BCUT2D eigenvalue weighted by Gasteiger charge is -2.13. The highest BCUT2D eigenvalue weighted by Crippen LogP contribution is 2.29. The first-order valence-electron chi connectivity index (χ1n) is 9.42.